The molecule has 2 unspecified atom stereocenters. The fourth-order valence-corrected chi connectivity index (χ4v) is 3.38. The Balaban J connectivity index is 1.45. The molecule has 138 valence electrons. The Morgan fingerprint density at radius 3 is 2.58 bits per heavy atom. The van der Waals surface area contributed by atoms with Crippen molar-refractivity contribution in [3.05, 3.63) is 59.8 Å². The van der Waals surface area contributed by atoms with Crippen LogP contribution in [0.25, 0.3) is 0 Å². The summed E-state index contributed by atoms with van der Waals surface area (Å²) in [6, 6.07) is 16.7. The summed E-state index contributed by atoms with van der Waals surface area (Å²) in [5, 5.41) is 0. The average Bonchev–Trinajstić information content (AvgIpc) is 3.39. The zero-order chi connectivity index (χ0) is 17.8. The SMILES string of the molecule is COCOC1CN(c2cccc(Cc3ccccc3)n2)CC1OC1CC1. The fourth-order valence-electron chi connectivity index (χ4n) is 3.38. The van der Waals surface area contributed by atoms with E-state index in [1.165, 1.54) is 5.56 Å². The van der Waals surface area contributed by atoms with Crippen molar-refractivity contribution in [3.8, 4) is 0 Å². The van der Waals surface area contributed by atoms with Gasteiger partial charge in [0.15, 0.2) is 0 Å². The Bertz CT molecular complexity index is 705. The molecule has 0 amide bonds. The highest BCUT2D eigenvalue weighted by Gasteiger charge is 2.38. The molecule has 0 spiro atoms. The lowest BCUT2D eigenvalue weighted by Crippen LogP contribution is -2.31. The second-order valence-corrected chi connectivity index (χ2v) is 7.04. The lowest BCUT2D eigenvalue weighted by Gasteiger charge is -2.18. The highest BCUT2D eigenvalue weighted by atomic mass is 16.7. The summed E-state index contributed by atoms with van der Waals surface area (Å²) in [6.45, 7) is 1.89. The highest BCUT2D eigenvalue weighted by Crippen LogP contribution is 2.30. The first-order valence-electron chi connectivity index (χ1n) is 9.32. The van der Waals surface area contributed by atoms with Crippen molar-refractivity contribution in [3.63, 3.8) is 0 Å². The third-order valence-electron chi connectivity index (χ3n) is 4.85. The minimum atomic E-state index is 0.0233. The van der Waals surface area contributed by atoms with Gasteiger partial charge >= 0.3 is 0 Å². The van der Waals surface area contributed by atoms with Crippen LogP contribution >= 0.6 is 0 Å². The number of anilines is 1. The van der Waals surface area contributed by atoms with Crippen molar-refractivity contribution in [2.75, 3.05) is 31.9 Å². The van der Waals surface area contributed by atoms with Crippen molar-refractivity contribution in [1.82, 2.24) is 4.98 Å². The van der Waals surface area contributed by atoms with E-state index >= 15 is 0 Å². The van der Waals surface area contributed by atoms with Gasteiger partial charge in [-0.2, -0.15) is 0 Å². The summed E-state index contributed by atoms with van der Waals surface area (Å²) >= 11 is 0. The molecule has 1 saturated carbocycles. The summed E-state index contributed by atoms with van der Waals surface area (Å²) in [4.78, 5) is 7.14. The number of hydrogen-bond acceptors (Lipinski definition) is 5. The molecule has 1 aromatic heterocycles. The van der Waals surface area contributed by atoms with Gasteiger partial charge in [-0.15, -0.1) is 0 Å². The van der Waals surface area contributed by atoms with Gasteiger partial charge in [0.2, 0.25) is 0 Å². The Morgan fingerprint density at radius 2 is 1.81 bits per heavy atom. The van der Waals surface area contributed by atoms with E-state index < -0.39 is 0 Å². The van der Waals surface area contributed by atoms with E-state index in [0.29, 0.717) is 12.9 Å². The molecule has 0 N–H and O–H groups in total. The van der Waals surface area contributed by atoms with E-state index in [0.717, 1.165) is 43.9 Å². The van der Waals surface area contributed by atoms with Crippen molar-refractivity contribution >= 4 is 5.82 Å². The maximum absolute atomic E-state index is 6.16. The standard InChI is InChI=1S/C21H26N2O3/c1-24-15-25-19-13-23(14-20(19)26-18-10-11-18)21-9-5-8-17(22-21)12-16-6-3-2-4-7-16/h2-9,18-20H,10-15H2,1H3. The summed E-state index contributed by atoms with van der Waals surface area (Å²) < 4.78 is 17.1. The van der Waals surface area contributed by atoms with Crippen LogP contribution < -0.4 is 4.90 Å². The van der Waals surface area contributed by atoms with Crippen LogP contribution in [0.2, 0.25) is 0 Å². The first-order chi connectivity index (χ1) is 12.8. The summed E-state index contributed by atoms with van der Waals surface area (Å²) in [7, 11) is 1.65. The second kappa shape index (κ2) is 8.16. The molecule has 5 nitrogen and oxygen atoms in total. The summed E-state index contributed by atoms with van der Waals surface area (Å²) in [5.41, 5.74) is 2.35. The molecule has 2 aliphatic rings. The molecule has 2 fully saturated rings. The first kappa shape index (κ1) is 17.5. The van der Waals surface area contributed by atoms with E-state index in [1.807, 2.05) is 6.07 Å². The Hall–Kier alpha value is -1.95. The maximum atomic E-state index is 6.16. The molecule has 1 aliphatic heterocycles. The largest absolute Gasteiger partial charge is 0.370 e. The first-order valence-corrected chi connectivity index (χ1v) is 9.32. The van der Waals surface area contributed by atoms with Crippen molar-refractivity contribution in [2.24, 2.45) is 0 Å². The molecule has 0 radical (unpaired) electrons. The fraction of sp³-hybridized carbons (Fsp3) is 0.476. The van der Waals surface area contributed by atoms with Crippen LogP contribution in [-0.4, -0.2) is 50.3 Å². The van der Waals surface area contributed by atoms with Gasteiger partial charge in [-0.1, -0.05) is 36.4 Å². The maximum Gasteiger partial charge on any atom is 0.146 e. The molecule has 1 aromatic carbocycles. The number of hydrogen-bond donors (Lipinski definition) is 0. The molecule has 0 bridgehead atoms. The van der Waals surface area contributed by atoms with Crippen LogP contribution in [-0.2, 0) is 20.6 Å². The van der Waals surface area contributed by atoms with E-state index in [9.17, 15) is 0 Å². The molecule has 1 saturated heterocycles. The Morgan fingerprint density at radius 1 is 1.00 bits per heavy atom. The minimum Gasteiger partial charge on any atom is -0.370 e. The number of benzene rings is 1. The smallest absolute Gasteiger partial charge is 0.146 e. The lowest BCUT2D eigenvalue weighted by molar-refractivity contribution is -0.113. The predicted octanol–water partition coefficient (Wildman–Crippen LogP) is 3.03. The van der Waals surface area contributed by atoms with Crippen molar-refractivity contribution in [1.29, 1.82) is 0 Å². The average molecular weight is 354 g/mol. The Kier molecular flexibility index (Phi) is 5.48. The van der Waals surface area contributed by atoms with Crippen LogP contribution in [0, 0.1) is 0 Å². The molecule has 1 aliphatic carbocycles. The molecule has 4 rings (SSSR count). The van der Waals surface area contributed by atoms with Crippen LogP contribution in [0.3, 0.4) is 0 Å². The molecular weight excluding hydrogens is 328 g/mol. The van der Waals surface area contributed by atoms with Gasteiger partial charge in [-0.3, -0.25) is 0 Å². The van der Waals surface area contributed by atoms with Gasteiger partial charge in [0, 0.05) is 32.3 Å². The second-order valence-electron chi connectivity index (χ2n) is 7.04. The van der Waals surface area contributed by atoms with Crippen LogP contribution in [0.1, 0.15) is 24.1 Å². The molecule has 2 aromatic rings. The number of rotatable bonds is 8. The van der Waals surface area contributed by atoms with E-state index in [-0.39, 0.29) is 12.2 Å². The van der Waals surface area contributed by atoms with Gasteiger partial charge in [-0.25, -0.2) is 4.98 Å². The number of ether oxygens (including phenoxy) is 3. The number of pyridine rings is 1. The third-order valence-corrected chi connectivity index (χ3v) is 4.85. The number of aromatic nitrogens is 1. The van der Waals surface area contributed by atoms with Crippen LogP contribution in [0.4, 0.5) is 5.82 Å². The normalized spacial score (nSPS) is 22.7. The Labute approximate surface area is 154 Å². The molecular formula is C21H26N2O3. The minimum absolute atomic E-state index is 0.0233. The number of methoxy groups -OCH3 is 1. The van der Waals surface area contributed by atoms with Crippen molar-refractivity contribution in [2.45, 2.75) is 37.6 Å². The van der Waals surface area contributed by atoms with E-state index in [2.05, 4.69) is 47.4 Å². The molecule has 5 heteroatoms. The molecule has 2 heterocycles. The van der Waals surface area contributed by atoms with Crippen LogP contribution in [0.15, 0.2) is 48.5 Å². The van der Waals surface area contributed by atoms with E-state index in [4.69, 9.17) is 19.2 Å². The van der Waals surface area contributed by atoms with Crippen molar-refractivity contribution < 1.29 is 14.2 Å². The zero-order valence-electron chi connectivity index (χ0n) is 15.2. The van der Waals surface area contributed by atoms with Gasteiger partial charge in [0.25, 0.3) is 0 Å². The van der Waals surface area contributed by atoms with Crippen LogP contribution in [0.5, 0.6) is 0 Å². The van der Waals surface area contributed by atoms with E-state index in [1.54, 1.807) is 7.11 Å². The third kappa shape index (κ3) is 4.41. The topological polar surface area (TPSA) is 43.8 Å². The summed E-state index contributed by atoms with van der Waals surface area (Å²) in [6.07, 6.45) is 3.68. The van der Waals surface area contributed by atoms with Gasteiger partial charge < -0.3 is 19.1 Å². The molecule has 26 heavy (non-hydrogen) atoms. The zero-order valence-corrected chi connectivity index (χ0v) is 15.2. The highest BCUT2D eigenvalue weighted by molar-refractivity contribution is 5.42. The quantitative estimate of drug-likeness (QED) is 0.682. The molecule has 2 atom stereocenters. The van der Waals surface area contributed by atoms with Gasteiger partial charge in [-0.05, 0) is 30.5 Å². The van der Waals surface area contributed by atoms with Gasteiger partial charge in [0.1, 0.15) is 24.8 Å². The van der Waals surface area contributed by atoms with Gasteiger partial charge in [0.05, 0.1) is 6.10 Å². The predicted molar refractivity (Wildman–Crippen MR) is 100 cm³/mol. The summed E-state index contributed by atoms with van der Waals surface area (Å²) in [5.74, 6) is 0.992. The lowest BCUT2D eigenvalue weighted by atomic mass is 10.1. The monoisotopic (exact) mass is 354 g/mol. The number of nitrogens with zero attached hydrogens (tertiary/aromatic N) is 2.